The Morgan fingerprint density at radius 3 is 2.48 bits per heavy atom. The predicted octanol–water partition coefficient (Wildman–Crippen LogP) is 3.80. The van der Waals surface area contributed by atoms with Crippen LogP contribution in [0.25, 0.3) is 0 Å². The maximum absolute atomic E-state index is 5.87. The highest BCUT2D eigenvalue weighted by Crippen LogP contribution is 2.39. The maximum atomic E-state index is 5.87. The van der Waals surface area contributed by atoms with Crippen LogP contribution in [0.1, 0.15) is 30.9 Å². The molecule has 1 heterocycles. The number of methoxy groups -OCH3 is 1. The van der Waals surface area contributed by atoms with Crippen molar-refractivity contribution in [1.29, 1.82) is 0 Å². The molecule has 2 N–H and O–H groups in total. The Morgan fingerprint density at radius 2 is 1.83 bits per heavy atom. The largest absolute Gasteiger partial charge is 0.399 e. The SMILES string of the molecule is COC1CCN(Cc2ccccc2)C(C)(c2ccc(N)cc2)C1. The molecule has 1 aliphatic rings. The van der Waals surface area contributed by atoms with Crippen LogP contribution in [0, 0.1) is 0 Å². The first-order valence-corrected chi connectivity index (χ1v) is 8.29. The van der Waals surface area contributed by atoms with E-state index >= 15 is 0 Å². The lowest BCUT2D eigenvalue weighted by Gasteiger charge is -2.48. The van der Waals surface area contributed by atoms with Gasteiger partial charge in [-0.3, -0.25) is 4.90 Å². The van der Waals surface area contributed by atoms with Gasteiger partial charge in [-0.15, -0.1) is 0 Å². The summed E-state index contributed by atoms with van der Waals surface area (Å²) >= 11 is 0. The van der Waals surface area contributed by atoms with E-state index in [2.05, 4.69) is 54.3 Å². The predicted molar refractivity (Wildman–Crippen MR) is 95.1 cm³/mol. The molecule has 1 saturated heterocycles. The molecule has 2 aromatic rings. The first kappa shape index (κ1) is 16.0. The molecule has 23 heavy (non-hydrogen) atoms. The van der Waals surface area contributed by atoms with Crippen molar-refractivity contribution in [1.82, 2.24) is 4.90 Å². The van der Waals surface area contributed by atoms with E-state index in [1.807, 2.05) is 19.2 Å². The summed E-state index contributed by atoms with van der Waals surface area (Å²) in [4.78, 5) is 2.57. The van der Waals surface area contributed by atoms with Crippen molar-refractivity contribution in [3.05, 3.63) is 65.7 Å². The summed E-state index contributed by atoms with van der Waals surface area (Å²) in [7, 11) is 1.82. The van der Waals surface area contributed by atoms with Gasteiger partial charge >= 0.3 is 0 Å². The minimum atomic E-state index is -0.0392. The highest BCUT2D eigenvalue weighted by molar-refractivity contribution is 5.41. The van der Waals surface area contributed by atoms with Gasteiger partial charge in [0.1, 0.15) is 0 Å². The monoisotopic (exact) mass is 310 g/mol. The summed E-state index contributed by atoms with van der Waals surface area (Å²) in [6, 6.07) is 19.0. The van der Waals surface area contributed by atoms with Crippen molar-refractivity contribution in [3.8, 4) is 0 Å². The second kappa shape index (κ2) is 6.73. The summed E-state index contributed by atoms with van der Waals surface area (Å²) in [5.74, 6) is 0. The molecule has 2 aromatic carbocycles. The molecular formula is C20H26N2O. The van der Waals surface area contributed by atoms with E-state index in [0.717, 1.165) is 31.6 Å². The molecule has 0 bridgehead atoms. The standard InChI is InChI=1S/C20H26N2O/c1-20(17-8-10-18(21)11-9-17)14-19(23-2)12-13-22(20)15-16-6-4-3-5-7-16/h3-11,19H,12-15,21H2,1-2H3. The van der Waals surface area contributed by atoms with Crippen molar-refractivity contribution in [2.75, 3.05) is 19.4 Å². The van der Waals surface area contributed by atoms with Gasteiger partial charge in [0.2, 0.25) is 0 Å². The number of rotatable bonds is 4. The number of nitrogens with zero attached hydrogens (tertiary/aromatic N) is 1. The van der Waals surface area contributed by atoms with Gasteiger partial charge in [0.15, 0.2) is 0 Å². The molecule has 1 aliphatic heterocycles. The number of hydrogen-bond donors (Lipinski definition) is 1. The van der Waals surface area contributed by atoms with Gasteiger partial charge in [0.05, 0.1) is 6.10 Å². The minimum Gasteiger partial charge on any atom is -0.399 e. The Balaban J connectivity index is 1.90. The minimum absolute atomic E-state index is 0.0392. The van der Waals surface area contributed by atoms with Crippen LogP contribution < -0.4 is 5.73 Å². The van der Waals surface area contributed by atoms with Crippen LogP contribution in [-0.2, 0) is 16.8 Å². The van der Waals surface area contributed by atoms with Gasteiger partial charge in [-0.25, -0.2) is 0 Å². The highest BCUT2D eigenvalue weighted by Gasteiger charge is 2.39. The molecule has 0 spiro atoms. The van der Waals surface area contributed by atoms with Crippen LogP contribution in [0.3, 0.4) is 0 Å². The van der Waals surface area contributed by atoms with E-state index in [9.17, 15) is 0 Å². The Morgan fingerprint density at radius 1 is 1.13 bits per heavy atom. The topological polar surface area (TPSA) is 38.5 Å². The van der Waals surface area contributed by atoms with Gasteiger partial charge in [-0.2, -0.15) is 0 Å². The number of benzene rings is 2. The van der Waals surface area contributed by atoms with Crippen molar-refractivity contribution >= 4 is 5.69 Å². The Bertz CT molecular complexity index is 626. The molecule has 122 valence electrons. The van der Waals surface area contributed by atoms with Crippen molar-refractivity contribution in [3.63, 3.8) is 0 Å². The molecule has 0 amide bonds. The van der Waals surface area contributed by atoms with Gasteiger partial charge in [0, 0.05) is 31.4 Å². The Hall–Kier alpha value is -1.84. The number of hydrogen-bond acceptors (Lipinski definition) is 3. The van der Waals surface area contributed by atoms with Crippen molar-refractivity contribution in [2.45, 2.75) is 38.0 Å². The third kappa shape index (κ3) is 3.41. The average Bonchev–Trinajstić information content (AvgIpc) is 2.58. The molecule has 3 heteroatoms. The Kier molecular flexibility index (Phi) is 4.69. The molecule has 3 rings (SSSR count). The lowest BCUT2D eigenvalue weighted by molar-refractivity contribution is -0.0393. The quantitative estimate of drug-likeness (QED) is 0.873. The Labute approximate surface area is 139 Å². The third-order valence-corrected chi connectivity index (χ3v) is 5.13. The van der Waals surface area contributed by atoms with Crippen molar-refractivity contribution in [2.24, 2.45) is 0 Å². The third-order valence-electron chi connectivity index (χ3n) is 5.13. The number of nitrogen functional groups attached to an aromatic ring is 1. The molecule has 0 radical (unpaired) electrons. The summed E-state index contributed by atoms with van der Waals surface area (Å²) < 4.78 is 5.68. The van der Waals surface area contributed by atoms with Crippen LogP contribution in [0.4, 0.5) is 5.69 Å². The zero-order chi connectivity index (χ0) is 16.3. The van der Waals surface area contributed by atoms with E-state index in [1.54, 1.807) is 0 Å². The van der Waals surface area contributed by atoms with E-state index in [-0.39, 0.29) is 5.54 Å². The van der Waals surface area contributed by atoms with E-state index in [1.165, 1.54) is 11.1 Å². The van der Waals surface area contributed by atoms with Crippen LogP contribution in [0.5, 0.6) is 0 Å². The zero-order valence-corrected chi connectivity index (χ0v) is 14.0. The molecular weight excluding hydrogens is 284 g/mol. The van der Waals surface area contributed by atoms with E-state index < -0.39 is 0 Å². The second-order valence-electron chi connectivity index (χ2n) is 6.65. The molecule has 2 atom stereocenters. The molecule has 0 saturated carbocycles. The fraction of sp³-hybridized carbons (Fsp3) is 0.400. The molecule has 2 unspecified atom stereocenters. The summed E-state index contributed by atoms with van der Waals surface area (Å²) in [6.45, 7) is 4.32. The number of likely N-dealkylation sites (tertiary alicyclic amines) is 1. The van der Waals surface area contributed by atoms with Crippen molar-refractivity contribution < 1.29 is 4.74 Å². The number of ether oxygens (including phenoxy) is 1. The molecule has 3 nitrogen and oxygen atoms in total. The molecule has 0 aromatic heterocycles. The lowest BCUT2D eigenvalue weighted by atomic mass is 9.80. The first-order chi connectivity index (χ1) is 11.1. The maximum Gasteiger partial charge on any atom is 0.0604 e. The van der Waals surface area contributed by atoms with E-state index in [0.29, 0.717) is 6.10 Å². The van der Waals surface area contributed by atoms with Gasteiger partial charge < -0.3 is 10.5 Å². The normalized spacial score (nSPS) is 25.4. The number of piperidine rings is 1. The summed E-state index contributed by atoms with van der Waals surface area (Å²) in [5, 5.41) is 0. The van der Waals surface area contributed by atoms with Crippen LogP contribution in [0.2, 0.25) is 0 Å². The van der Waals surface area contributed by atoms with E-state index in [4.69, 9.17) is 10.5 Å². The van der Waals surface area contributed by atoms with Gasteiger partial charge in [-0.05, 0) is 43.0 Å². The average molecular weight is 310 g/mol. The second-order valence-corrected chi connectivity index (χ2v) is 6.65. The zero-order valence-electron chi connectivity index (χ0n) is 14.0. The van der Waals surface area contributed by atoms with Gasteiger partial charge in [-0.1, -0.05) is 42.5 Å². The highest BCUT2D eigenvalue weighted by atomic mass is 16.5. The summed E-state index contributed by atoms with van der Waals surface area (Å²) in [6.07, 6.45) is 2.39. The van der Waals surface area contributed by atoms with Crippen LogP contribution in [-0.4, -0.2) is 24.7 Å². The number of nitrogens with two attached hydrogens (primary N) is 1. The van der Waals surface area contributed by atoms with Crippen LogP contribution in [0.15, 0.2) is 54.6 Å². The number of anilines is 1. The lowest BCUT2D eigenvalue weighted by Crippen LogP contribution is -2.51. The summed E-state index contributed by atoms with van der Waals surface area (Å²) in [5.41, 5.74) is 9.31. The van der Waals surface area contributed by atoms with Gasteiger partial charge in [0.25, 0.3) is 0 Å². The molecule has 0 aliphatic carbocycles. The smallest absolute Gasteiger partial charge is 0.0604 e. The van der Waals surface area contributed by atoms with Crippen LogP contribution >= 0.6 is 0 Å². The first-order valence-electron chi connectivity index (χ1n) is 8.29. The molecule has 1 fully saturated rings. The fourth-order valence-corrected chi connectivity index (χ4v) is 3.62. The fourth-order valence-electron chi connectivity index (χ4n) is 3.62.